The molecule has 0 spiro atoms. The van der Waals surface area contributed by atoms with E-state index in [1.165, 1.54) is 49.8 Å². The van der Waals surface area contributed by atoms with Crippen LogP contribution in [-0.4, -0.2) is 13.1 Å². The summed E-state index contributed by atoms with van der Waals surface area (Å²) in [4.78, 5) is 2.34. The standard InChI is InChI=1S/C19H33N/c1-16(2)11-8-6-7-9-12-18-13-10-14-19(15-18)20(5)17(3)4/h10,13-17H,6-9,11-12H2,1-5H3. The fraction of sp³-hybridized carbons (Fsp3) is 0.684. The summed E-state index contributed by atoms with van der Waals surface area (Å²) in [6.07, 6.45) is 8.09. The van der Waals surface area contributed by atoms with Crippen LogP contribution >= 0.6 is 0 Å². The lowest BCUT2D eigenvalue weighted by Gasteiger charge is -2.24. The Balaban J connectivity index is 2.32. The summed E-state index contributed by atoms with van der Waals surface area (Å²) in [6, 6.07) is 9.59. The maximum absolute atomic E-state index is 2.36. The summed E-state index contributed by atoms with van der Waals surface area (Å²) >= 11 is 0. The minimum atomic E-state index is 0.557. The first-order valence-electron chi connectivity index (χ1n) is 8.32. The normalized spacial score (nSPS) is 11.3. The van der Waals surface area contributed by atoms with Gasteiger partial charge in [0.2, 0.25) is 0 Å². The van der Waals surface area contributed by atoms with E-state index in [0.717, 1.165) is 5.92 Å². The SMILES string of the molecule is CC(C)CCCCCCc1cccc(N(C)C(C)C)c1. The lowest BCUT2D eigenvalue weighted by atomic mass is 10.0. The van der Waals surface area contributed by atoms with Crippen LogP contribution in [0.15, 0.2) is 24.3 Å². The van der Waals surface area contributed by atoms with Gasteiger partial charge in [0.1, 0.15) is 0 Å². The van der Waals surface area contributed by atoms with Gasteiger partial charge in [-0.1, -0.05) is 51.7 Å². The van der Waals surface area contributed by atoms with Crippen molar-refractivity contribution in [2.75, 3.05) is 11.9 Å². The Kier molecular flexibility index (Phi) is 7.72. The van der Waals surface area contributed by atoms with Crippen LogP contribution in [0.2, 0.25) is 0 Å². The van der Waals surface area contributed by atoms with Crippen molar-refractivity contribution in [1.29, 1.82) is 0 Å². The smallest absolute Gasteiger partial charge is 0.0368 e. The molecule has 1 aromatic carbocycles. The quantitative estimate of drug-likeness (QED) is 0.524. The second-order valence-corrected chi connectivity index (χ2v) is 6.72. The van der Waals surface area contributed by atoms with Gasteiger partial charge in [-0.25, -0.2) is 0 Å². The molecule has 0 aromatic heterocycles. The molecule has 0 saturated carbocycles. The third kappa shape index (κ3) is 6.45. The minimum Gasteiger partial charge on any atom is -0.372 e. The highest BCUT2D eigenvalue weighted by atomic mass is 15.1. The number of hydrogen-bond acceptors (Lipinski definition) is 1. The molecule has 0 N–H and O–H groups in total. The first kappa shape index (κ1) is 17.1. The molecule has 0 saturated heterocycles. The van der Waals surface area contributed by atoms with E-state index in [1.54, 1.807) is 0 Å². The molecule has 0 radical (unpaired) electrons. The highest BCUT2D eigenvalue weighted by Gasteiger charge is 2.05. The van der Waals surface area contributed by atoms with Gasteiger partial charge in [0.25, 0.3) is 0 Å². The lowest BCUT2D eigenvalue weighted by molar-refractivity contribution is 0.520. The Bertz CT molecular complexity index is 368. The zero-order valence-corrected chi connectivity index (χ0v) is 14.2. The molecule has 1 aromatic rings. The highest BCUT2D eigenvalue weighted by Crippen LogP contribution is 2.19. The number of rotatable bonds is 9. The van der Waals surface area contributed by atoms with Crippen molar-refractivity contribution < 1.29 is 0 Å². The van der Waals surface area contributed by atoms with Gasteiger partial charge >= 0.3 is 0 Å². The van der Waals surface area contributed by atoms with Crippen LogP contribution in [0.4, 0.5) is 5.69 Å². The molecule has 114 valence electrons. The van der Waals surface area contributed by atoms with Crippen molar-refractivity contribution in [2.45, 2.75) is 72.3 Å². The third-order valence-electron chi connectivity index (χ3n) is 4.09. The topological polar surface area (TPSA) is 3.24 Å². The van der Waals surface area contributed by atoms with E-state index in [-0.39, 0.29) is 0 Å². The Morgan fingerprint density at radius 2 is 1.65 bits per heavy atom. The average molecular weight is 275 g/mol. The van der Waals surface area contributed by atoms with E-state index < -0.39 is 0 Å². The second kappa shape index (κ2) is 9.05. The maximum Gasteiger partial charge on any atom is 0.0368 e. The van der Waals surface area contributed by atoms with Crippen molar-refractivity contribution in [3.05, 3.63) is 29.8 Å². The van der Waals surface area contributed by atoms with Crippen LogP contribution in [-0.2, 0) is 6.42 Å². The molecule has 0 unspecified atom stereocenters. The molecular weight excluding hydrogens is 242 g/mol. The summed E-state index contributed by atoms with van der Waals surface area (Å²) in [6.45, 7) is 9.11. The highest BCUT2D eigenvalue weighted by molar-refractivity contribution is 5.48. The number of aryl methyl sites for hydroxylation is 1. The van der Waals surface area contributed by atoms with Gasteiger partial charge in [-0.15, -0.1) is 0 Å². The van der Waals surface area contributed by atoms with Gasteiger partial charge in [-0.2, -0.15) is 0 Å². The van der Waals surface area contributed by atoms with Crippen molar-refractivity contribution in [3.63, 3.8) is 0 Å². The predicted molar refractivity (Wildman–Crippen MR) is 91.6 cm³/mol. The summed E-state index contributed by atoms with van der Waals surface area (Å²) in [5.41, 5.74) is 2.83. The van der Waals surface area contributed by atoms with Gasteiger partial charge in [-0.3, -0.25) is 0 Å². The van der Waals surface area contributed by atoms with E-state index >= 15 is 0 Å². The van der Waals surface area contributed by atoms with Crippen LogP contribution in [0.3, 0.4) is 0 Å². The molecule has 1 rings (SSSR count). The van der Waals surface area contributed by atoms with E-state index in [1.807, 2.05) is 0 Å². The van der Waals surface area contributed by atoms with E-state index in [4.69, 9.17) is 0 Å². The number of benzene rings is 1. The van der Waals surface area contributed by atoms with Crippen LogP contribution < -0.4 is 4.90 Å². The zero-order valence-electron chi connectivity index (χ0n) is 14.2. The van der Waals surface area contributed by atoms with Gasteiger partial charge in [-0.05, 0) is 50.3 Å². The molecule has 0 aliphatic carbocycles. The molecule has 0 bridgehead atoms. The average Bonchev–Trinajstić information content (AvgIpc) is 2.41. The van der Waals surface area contributed by atoms with E-state index in [0.29, 0.717) is 6.04 Å². The van der Waals surface area contributed by atoms with Gasteiger partial charge < -0.3 is 4.90 Å². The van der Waals surface area contributed by atoms with E-state index in [9.17, 15) is 0 Å². The van der Waals surface area contributed by atoms with Crippen LogP contribution in [0.5, 0.6) is 0 Å². The summed E-state index contributed by atoms with van der Waals surface area (Å²) < 4.78 is 0. The summed E-state index contributed by atoms with van der Waals surface area (Å²) in [5, 5.41) is 0. The summed E-state index contributed by atoms with van der Waals surface area (Å²) in [7, 11) is 2.18. The molecule has 0 aliphatic rings. The fourth-order valence-corrected chi connectivity index (χ4v) is 2.46. The maximum atomic E-state index is 2.36. The lowest BCUT2D eigenvalue weighted by Crippen LogP contribution is -2.25. The number of hydrogen-bond donors (Lipinski definition) is 0. The molecule has 0 heterocycles. The van der Waals surface area contributed by atoms with Crippen molar-refractivity contribution in [3.8, 4) is 0 Å². The van der Waals surface area contributed by atoms with Crippen molar-refractivity contribution in [2.24, 2.45) is 5.92 Å². The molecule has 0 amide bonds. The first-order chi connectivity index (χ1) is 9.50. The summed E-state index contributed by atoms with van der Waals surface area (Å²) in [5.74, 6) is 0.859. The molecule has 0 aliphatic heterocycles. The molecule has 1 nitrogen and oxygen atoms in total. The largest absolute Gasteiger partial charge is 0.372 e. The molecule has 1 heteroatoms. The molecule has 0 atom stereocenters. The Morgan fingerprint density at radius 3 is 2.30 bits per heavy atom. The van der Waals surface area contributed by atoms with E-state index in [2.05, 4.69) is 63.9 Å². The minimum absolute atomic E-state index is 0.557. The van der Waals surface area contributed by atoms with Gasteiger partial charge in [0, 0.05) is 18.8 Å². The van der Waals surface area contributed by atoms with Crippen LogP contribution in [0, 0.1) is 5.92 Å². The molecule has 0 fully saturated rings. The number of anilines is 1. The third-order valence-corrected chi connectivity index (χ3v) is 4.09. The van der Waals surface area contributed by atoms with Gasteiger partial charge in [0.05, 0.1) is 0 Å². The fourth-order valence-electron chi connectivity index (χ4n) is 2.46. The predicted octanol–water partition coefficient (Wildman–Crippen LogP) is 5.68. The number of nitrogens with zero attached hydrogens (tertiary/aromatic N) is 1. The Labute approximate surface area is 126 Å². The first-order valence-corrected chi connectivity index (χ1v) is 8.32. The Morgan fingerprint density at radius 1 is 0.950 bits per heavy atom. The van der Waals surface area contributed by atoms with Crippen molar-refractivity contribution >= 4 is 5.69 Å². The zero-order chi connectivity index (χ0) is 15.0. The monoisotopic (exact) mass is 275 g/mol. The van der Waals surface area contributed by atoms with Crippen LogP contribution in [0.1, 0.15) is 65.4 Å². The molecule has 20 heavy (non-hydrogen) atoms. The van der Waals surface area contributed by atoms with Crippen molar-refractivity contribution in [1.82, 2.24) is 0 Å². The van der Waals surface area contributed by atoms with Crippen LogP contribution in [0.25, 0.3) is 0 Å². The second-order valence-electron chi connectivity index (χ2n) is 6.72. The Hall–Kier alpha value is -0.980. The van der Waals surface area contributed by atoms with Gasteiger partial charge in [0.15, 0.2) is 0 Å². The molecular formula is C19H33N. The number of unbranched alkanes of at least 4 members (excludes halogenated alkanes) is 3.